The van der Waals surface area contributed by atoms with Gasteiger partial charge in [0.05, 0.1) is 17.0 Å². The molecule has 1 aromatic heterocycles. The second-order valence-corrected chi connectivity index (χ2v) is 5.74. The average molecular weight is 280 g/mol. The van der Waals surface area contributed by atoms with Crippen LogP contribution < -0.4 is 11.1 Å². The molecule has 2 rings (SSSR count). The molecule has 0 spiro atoms. The van der Waals surface area contributed by atoms with Crippen molar-refractivity contribution in [1.29, 1.82) is 0 Å². The van der Waals surface area contributed by atoms with E-state index < -0.39 is 0 Å². The van der Waals surface area contributed by atoms with Crippen LogP contribution in [0, 0.1) is 6.92 Å². The molecule has 3 N–H and O–H groups in total. The van der Waals surface area contributed by atoms with Crippen LogP contribution in [-0.2, 0) is 11.3 Å². The Morgan fingerprint density at radius 1 is 1.40 bits per heavy atom. The summed E-state index contributed by atoms with van der Waals surface area (Å²) in [4.78, 5) is 0. The van der Waals surface area contributed by atoms with Gasteiger partial charge < -0.3 is 15.8 Å². The highest BCUT2D eigenvalue weighted by molar-refractivity contribution is 5.65. The maximum atomic E-state index is 6.15. The van der Waals surface area contributed by atoms with Gasteiger partial charge in [-0.25, -0.2) is 4.68 Å². The van der Waals surface area contributed by atoms with Crippen molar-refractivity contribution in [2.24, 2.45) is 0 Å². The largest absolute Gasteiger partial charge is 0.394 e. The van der Waals surface area contributed by atoms with Gasteiger partial charge in [0.2, 0.25) is 0 Å². The van der Waals surface area contributed by atoms with Gasteiger partial charge >= 0.3 is 0 Å². The fraction of sp³-hybridized carbons (Fsp3) is 0.800. The highest BCUT2D eigenvalue weighted by atomic mass is 16.5. The van der Waals surface area contributed by atoms with Crippen LogP contribution in [0.5, 0.6) is 0 Å². The number of nitrogens with one attached hydrogen (secondary N) is 1. The van der Waals surface area contributed by atoms with Crippen molar-refractivity contribution in [3.8, 4) is 0 Å². The normalized spacial score (nSPS) is 21.9. The summed E-state index contributed by atoms with van der Waals surface area (Å²) < 4.78 is 7.99. The summed E-state index contributed by atoms with van der Waals surface area (Å²) in [5, 5.41) is 8.08. The van der Waals surface area contributed by atoms with E-state index in [-0.39, 0.29) is 5.60 Å². The molecule has 5 heteroatoms. The molecule has 1 unspecified atom stereocenters. The molecule has 0 aromatic carbocycles. The summed E-state index contributed by atoms with van der Waals surface area (Å²) in [5.74, 6) is 0.970. The molecule has 1 aliphatic heterocycles. The Morgan fingerprint density at radius 3 is 2.70 bits per heavy atom. The lowest BCUT2D eigenvalue weighted by atomic mass is 9.86. The zero-order valence-corrected chi connectivity index (χ0v) is 13.2. The lowest BCUT2D eigenvalue weighted by molar-refractivity contribution is -0.0865. The molecule has 1 saturated heterocycles. The number of ether oxygens (including phenoxy) is 1. The summed E-state index contributed by atoms with van der Waals surface area (Å²) in [6.45, 7) is 10.1. The molecule has 0 bridgehead atoms. The number of nitrogen functional groups attached to an aromatic ring is 1. The van der Waals surface area contributed by atoms with Gasteiger partial charge in [-0.3, -0.25) is 0 Å². The van der Waals surface area contributed by atoms with E-state index in [1.807, 2.05) is 11.6 Å². The molecular weight excluding hydrogens is 252 g/mol. The van der Waals surface area contributed by atoms with Crippen molar-refractivity contribution in [2.45, 2.75) is 71.6 Å². The standard InChI is InChI=1S/C15H28N4O/c1-5-15(6-2)10-12(8-9-20-15)17-14-13(16)11(4)18-19(14)7-3/h12,17H,5-10,16H2,1-4H3. The first kappa shape index (κ1) is 15.2. The van der Waals surface area contributed by atoms with E-state index in [0.29, 0.717) is 6.04 Å². The molecule has 0 amide bonds. The highest BCUT2D eigenvalue weighted by Gasteiger charge is 2.35. The van der Waals surface area contributed by atoms with Crippen molar-refractivity contribution >= 4 is 11.5 Å². The molecule has 1 atom stereocenters. The lowest BCUT2D eigenvalue weighted by Gasteiger charge is -2.40. The molecule has 1 aliphatic rings. The van der Waals surface area contributed by atoms with Gasteiger partial charge in [-0.15, -0.1) is 0 Å². The monoisotopic (exact) mass is 280 g/mol. The third kappa shape index (κ3) is 2.77. The fourth-order valence-corrected chi connectivity index (χ4v) is 3.06. The van der Waals surface area contributed by atoms with Crippen molar-refractivity contribution < 1.29 is 4.74 Å². The molecule has 5 nitrogen and oxygen atoms in total. The first-order valence-corrected chi connectivity index (χ1v) is 7.78. The van der Waals surface area contributed by atoms with Crippen molar-refractivity contribution in [1.82, 2.24) is 9.78 Å². The van der Waals surface area contributed by atoms with Gasteiger partial charge in [0, 0.05) is 19.2 Å². The van der Waals surface area contributed by atoms with Crippen LogP contribution in [0.1, 0.15) is 52.1 Å². The maximum Gasteiger partial charge on any atom is 0.148 e. The van der Waals surface area contributed by atoms with Crippen LogP contribution in [0.4, 0.5) is 11.5 Å². The maximum absolute atomic E-state index is 6.15. The second kappa shape index (κ2) is 6.04. The van der Waals surface area contributed by atoms with Crippen LogP contribution in [-0.4, -0.2) is 28.0 Å². The Hall–Kier alpha value is -1.23. The van der Waals surface area contributed by atoms with E-state index in [2.05, 4.69) is 31.2 Å². The topological polar surface area (TPSA) is 65.1 Å². The van der Waals surface area contributed by atoms with Crippen LogP contribution in [0.2, 0.25) is 0 Å². The number of nitrogens with two attached hydrogens (primary N) is 1. The van der Waals surface area contributed by atoms with E-state index in [1.54, 1.807) is 0 Å². The number of hydrogen-bond acceptors (Lipinski definition) is 4. The number of nitrogens with zero attached hydrogens (tertiary/aromatic N) is 2. The number of anilines is 2. The van der Waals surface area contributed by atoms with Crippen LogP contribution in [0.25, 0.3) is 0 Å². The minimum Gasteiger partial charge on any atom is -0.394 e. The van der Waals surface area contributed by atoms with E-state index in [9.17, 15) is 0 Å². The zero-order valence-electron chi connectivity index (χ0n) is 13.2. The molecule has 0 radical (unpaired) electrons. The van der Waals surface area contributed by atoms with E-state index in [1.165, 1.54) is 0 Å². The summed E-state index contributed by atoms with van der Waals surface area (Å²) in [6, 6.07) is 0.410. The van der Waals surface area contributed by atoms with Crippen molar-refractivity contribution in [2.75, 3.05) is 17.7 Å². The quantitative estimate of drug-likeness (QED) is 0.870. The molecule has 1 fully saturated rings. The number of aromatic nitrogens is 2. The van der Waals surface area contributed by atoms with Gasteiger partial charge in [0.15, 0.2) is 0 Å². The van der Waals surface area contributed by atoms with Gasteiger partial charge in [0.1, 0.15) is 5.82 Å². The average Bonchev–Trinajstić information content (AvgIpc) is 2.75. The van der Waals surface area contributed by atoms with E-state index >= 15 is 0 Å². The Kier molecular flexibility index (Phi) is 4.58. The van der Waals surface area contributed by atoms with Gasteiger partial charge in [-0.05, 0) is 39.5 Å². The van der Waals surface area contributed by atoms with Crippen molar-refractivity contribution in [3.05, 3.63) is 5.69 Å². The fourth-order valence-electron chi connectivity index (χ4n) is 3.06. The number of aryl methyl sites for hydroxylation is 2. The van der Waals surface area contributed by atoms with Gasteiger partial charge in [0.25, 0.3) is 0 Å². The summed E-state index contributed by atoms with van der Waals surface area (Å²) in [7, 11) is 0. The molecule has 1 aromatic rings. The van der Waals surface area contributed by atoms with Crippen molar-refractivity contribution in [3.63, 3.8) is 0 Å². The molecular formula is C15H28N4O. The van der Waals surface area contributed by atoms with Gasteiger partial charge in [-0.2, -0.15) is 5.10 Å². The minimum absolute atomic E-state index is 0.0246. The smallest absolute Gasteiger partial charge is 0.148 e. The molecule has 0 aliphatic carbocycles. The Bertz CT molecular complexity index is 451. The van der Waals surface area contributed by atoms with Gasteiger partial charge in [-0.1, -0.05) is 13.8 Å². The van der Waals surface area contributed by atoms with Crippen LogP contribution in [0.3, 0.4) is 0 Å². The first-order valence-electron chi connectivity index (χ1n) is 7.78. The Balaban J connectivity index is 2.14. The number of rotatable bonds is 5. The molecule has 0 saturated carbocycles. The summed E-state index contributed by atoms with van der Waals surface area (Å²) in [5.41, 5.74) is 7.85. The van der Waals surface area contributed by atoms with Crippen LogP contribution in [0.15, 0.2) is 0 Å². The Labute approximate surface area is 121 Å². The predicted molar refractivity (Wildman–Crippen MR) is 83.0 cm³/mol. The molecule has 2 heterocycles. The third-order valence-electron chi connectivity index (χ3n) is 4.60. The lowest BCUT2D eigenvalue weighted by Crippen LogP contribution is -2.44. The molecule has 114 valence electrons. The number of hydrogen-bond donors (Lipinski definition) is 2. The molecule has 20 heavy (non-hydrogen) atoms. The van der Waals surface area contributed by atoms with Crippen LogP contribution >= 0.6 is 0 Å². The highest BCUT2D eigenvalue weighted by Crippen LogP contribution is 2.34. The second-order valence-electron chi connectivity index (χ2n) is 5.74. The minimum atomic E-state index is 0.0246. The zero-order chi connectivity index (χ0) is 14.8. The van der Waals surface area contributed by atoms with E-state index in [4.69, 9.17) is 10.5 Å². The SMILES string of the molecule is CCn1nc(C)c(N)c1NC1CCOC(CC)(CC)C1. The third-order valence-corrected chi connectivity index (χ3v) is 4.60. The first-order chi connectivity index (χ1) is 9.55. The predicted octanol–water partition coefficient (Wildman–Crippen LogP) is 2.94. The summed E-state index contributed by atoms with van der Waals surface area (Å²) >= 11 is 0. The Morgan fingerprint density at radius 2 is 2.10 bits per heavy atom. The van der Waals surface area contributed by atoms with E-state index in [0.717, 1.165) is 56.0 Å². The summed E-state index contributed by atoms with van der Waals surface area (Å²) in [6.07, 6.45) is 4.18.